The molecule has 17 heavy (non-hydrogen) atoms. The zero-order valence-corrected chi connectivity index (χ0v) is 12.0. The summed E-state index contributed by atoms with van der Waals surface area (Å²) in [7, 11) is 3.50. The van der Waals surface area contributed by atoms with Crippen molar-refractivity contribution in [1.29, 1.82) is 0 Å². The van der Waals surface area contributed by atoms with Crippen molar-refractivity contribution < 1.29 is 9.47 Å². The predicted molar refractivity (Wildman–Crippen MR) is 72.6 cm³/mol. The third-order valence-corrected chi connectivity index (χ3v) is 3.08. The van der Waals surface area contributed by atoms with Gasteiger partial charge in [-0.2, -0.15) is 0 Å². The fraction of sp³-hybridized carbons (Fsp3) is 1.00. The van der Waals surface area contributed by atoms with E-state index in [-0.39, 0.29) is 0 Å². The summed E-state index contributed by atoms with van der Waals surface area (Å²) >= 11 is 0. The van der Waals surface area contributed by atoms with Gasteiger partial charge in [-0.25, -0.2) is 0 Å². The first kappa shape index (κ1) is 16.8. The molecule has 0 heterocycles. The summed E-state index contributed by atoms with van der Waals surface area (Å²) in [5.74, 6) is 0. The second-order valence-electron chi connectivity index (χ2n) is 4.38. The lowest BCUT2D eigenvalue weighted by atomic mass is 10.2. The molecule has 0 radical (unpaired) electrons. The zero-order chi connectivity index (χ0) is 12.9. The Bertz CT molecular complexity index is 156. The smallest absolute Gasteiger partial charge is 0.0589 e. The standard InChI is InChI=1S/C13H30N2O2/c1-5-13(2)15(10-12-17-4)9-6-7-14-8-11-16-3/h13-14H,5-12H2,1-4H3. The van der Waals surface area contributed by atoms with Gasteiger partial charge in [-0.3, -0.25) is 4.90 Å². The van der Waals surface area contributed by atoms with Crippen molar-refractivity contribution in [2.45, 2.75) is 32.7 Å². The van der Waals surface area contributed by atoms with Crippen LogP contribution in [0, 0.1) is 0 Å². The van der Waals surface area contributed by atoms with E-state index < -0.39 is 0 Å². The highest BCUT2D eigenvalue weighted by atomic mass is 16.5. The molecule has 0 fully saturated rings. The lowest BCUT2D eigenvalue weighted by Crippen LogP contribution is -2.37. The molecule has 1 unspecified atom stereocenters. The molecule has 0 aliphatic carbocycles. The van der Waals surface area contributed by atoms with E-state index in [2.05, 4.69) is 24.1 Å². The van der Waals surface area contributed by atoms with Crippen molar-refractivity contribution in [2.24, 2.45) is 0 Å². The zero-order valence-electron chi connectivity index (χ0n) is 12.0. The van der Waals surface area contributed by atoms with Crippen LogP contribution in [0.4, 0.5) is 0 Å². The molecule has 1 atom stereocenters. The van der Waals surface area contributed by atoms with Gasteiger partial charge in [0.25, 0.3) is 0 Å². The van der Waals surface area contributed by atoms with Crippen LogP contribution >= 0.6 is 0 Å². The van der Waals surface area contributed by atoms with Crippen LogP contribution in [0.15, 0.2) is 0 Å². The molecule has 0 aliphatic rings. The lowest BCUT2D eigenvalue weighted by molar-refractivity contribution is 0.121. The van der Waals surface area contributed by atoms with E-state index in [0.29, 0.717) is 6.04 Å². The Kier molecular flexibility index (Phi) is 12.2. The van der Waals surface area contributed by atoms with Gasteiger partial charge in [0.2, 0.25) is 0 Å². The molecule has 0 saturated carbocycles. The molecule has 4 heteroatoms. The van der Waals surface area contributed by atoms with E-state index in [1.165, 1.54) is 12.8 Å². The molecule has 0 amide bonds. The molecule has 104 valence electrons. The predicted octanol–water partition coefficient (Wildman–Crippen LogP) is 1.36. The number of methoxy groups -OCH3 is 2. The molecule has 0 aromatic rings. The molecule has 0 aromatic heterocycles. The third kappa shape index (κ3) is 9.53. The number of hydrogen-bond acceptors (Lipinski definition) is 4. The van der Waals surface area contributed by atoms with Crippen LogP contribution in [0.3, 0.4) is 0 Å². The largest absolute Gasteiger partial charge is 0.383 e. The van der Waals surface area contributed by atoms with E-state index in [1.807, 2.05) is 0 Å². The first-order valence-corrected chi connectivity index (χ1v) is 6.68. The number of nitrogens with one attached hydrogen (secondary N) is 1. The molecule has 0 spiro atoms. The minimum Gasteiger partial charge on any atom is -0.383 e. The van der Waals surface area contributed by atoms with Gasteiger partial charge >= 0.3 is 0 Å². The van der Waals surface area contributed by atoms with Crippen LogP contribution in [0.2, 0.25) is 0 Å². The number of rotatable bonds is 12. The summed E-state index contributed by atoms with van der Waals surface area (Å²) in [6.45, 7) is 10.3. The summed E-state index contributed by atoms with van der Waals surface area (Å²) in [5.41, 5.74) is 0. The molecular formula is C13H30N2O2. The molecule has 0 rings (SSSR count). The van der Waals surface area contributed by atoms with Crippen LogP contribution in [-0.4, -0.2) is 64.6 Å². The number of nitrogens with zero attached hydrogens (tertiary/aromatic N) is 1. The highest BCUT2D eigenvalue weighted by Crippen LogP contribution is 2.03. The van der Waals surface area contributed by atoms with Gasteiger partial charge in [-0.05, 0) is 32.9 Å². The maximum absolute atomic E-state index is 5.15. The Morgan fingerprint density at radius 3 is 2.35 bits per heavy atom. The average Bonchev–Trinajstić information content (AvgIpc) is 2.36. The Balaban J connectivity index is 3.60. The molecule has 0 aliphatic heterocycles. The normalized spacial score (nSPS) is 13.2. The molecule has 0 aromatic carbocycles. The SMILES string of the molecule is CCC(C)N(CCCNCCOC)CCOC. The quantitative estimate of drug-likeness (QED) is 0.527. The van der Waals surface area contributed by atoms with Crippen molar-refractivity contribution in [3.63, 3.8) is 0 Å². The summed E-state index contributed by atoms with van der Waals surface area (Å²) < 4.78 is 10.1. The van der Waals surface area contributed by atoms with E-state index >= 15 is 0 Å². The Morgan fingerprint density at radius 2 is 1.76 bits per heavy atom. The van der Waals surface area contributed by atoms with Crippen molar-refractivity contribution in [1.82, 2.24) is 10.2 Å². The Labute approximate surface area is 107 Å². The van der Waals surface area contributed by atoms with Gasteiger partial charge in [0, 0.05) is 33.4 Å². The lowest BCUT2D eigenvalue weighted by Gasteiger charge is -2.28. The second-order valence-corrected chi connectivity index (χ2v) is 4.38. The van der Waals surface area contributed by atoms with Crippen LogP contribution in [-0.2, 0) is 9.47 Å². The van der Waals surface area contributed by atoms with Gasteiger partial charge in [0.1, 0.15) is 0 Å². The van der Waals surface area contributed by atoms with Crippen LogP contribution in [0.1, 0.15) is 26.7 Å². The second kappa shape index (κ2) is 12.3. The number of ether oxygens (including phenoxy) is 2. The summed E-state index contributed by atoms with van der Waals surface area (Å²) in [6.07, 6.45) is 2.37. The van der Waals surface area contributed by atoms with Gasteiger partial charge in [0.05, 0.1) is 13.2 Å². The van der Waals surface area contributed by atoms with Gasteiger partial charge in [0.15, 0.2) is 0 Å². The average molecular weight is 246 g/mol. The molecule has 0 saturated heterocycles. The van der Waals surface area contributed by atoms with Crippen molar-refractivity contribution >= 4 is 0 Å². The molecule has 1 N–H and O–H groups in total. The van der Waals surface area contributed by atoms with E-state index in [0.717, 1.165) is 39.4 Å². The van der Waals surface area contributed by atoms with E-state index in [9.17, 15) is 0 Å². The molecular weight excluding hydrogens is 216 g/mol. The van der Waals surface area contributed by atoms with Gasteiger partial charge < -0.3 is 14.8 Å². The van der Waals surface area contributed by atoms with Crippen molar-refractivity contribution in [3.05, 3.63) is 0 Å². The maximum atomic E-state index is 5.15. The van der Waals surface area contributed by atoms with Crippen LogP contribution in [0.5, 0.6) is 0 Å². The Hall–Kier alpha value is -0.160. The monoisotopic (exact) mass is 246 g/mol. The number of hydrogen-bond donors (Lipinski definition) is 1. The highest BCUT2D eigenvalue weighted by molar-refractivity contribution is 4.66. The molecule has 4 nitrogen and oxygen atoms in total. The molecule has 0 bridgehead atoms. The third-order valence-electron chi connectivity index (χ3n) is 3.08. The van der Waals surface area contributed by atoms with Gasteiger partial charge in [-0.1, -0.05) is 6.92 Å². The highest BCUT2D eigenvalue weighted by Gasteiger charge is 2.10. The minimum atomic E-state index is 0.643. The van der Waals surface area contributed by atoms with Crippen LogP contribution < -0.4 is 5.32 Å². The van der Waals surface area contributed by atoms with Crippen molar-refractivity contribution in [2.75, 3.05) is 53.6 Å². The topological polar surface area (TPSA) is 33.7 Å². The summed E-state index contributed by atoms with van der Waals surface area (Å²) in [6, 6.07) is 0.643. The first-order chi connectivity index (χ1) is 8.26. The first-order valence-electron chi connectivity index (χ1n) is 6.68. The summed E-state index contributed by atoms with van der Waals surface area (Å²) in [5, 5.41) is 3.37. The van der Waals surface area contributed by atoms with Crippen LogP contribution in [0.25, 0.3) is 0 Å². The Morgan fingerprint density at radius 1 is 1.06 bits per heavy atom. The fourth-order valence-corrected chi connectivity index (χ4v) is 1.73. The minimum absolute atomic E-state index is 0.643. The van der Waals surface area contributed by atoms with Gasteiger partial charge in [-0.15, -0.1) is 0 Å². The maximum Gasteiger partial charge on any atom is 0.0589 e. The fourth-order valence-electron chi connectivity index (χ4n) is 1.73. The van der Waals surface area contributed by atoms with Crippen molar-refractivity contribution in [3.8, 4) is 0 Å². The summed E-state index contributed by atoms with van der Waals surface area (Å²) in [4.78, 5) is 2.50. The van der Waals surface area contributed by atoms with E-state index in [4.69, 9.17) is 9.47 Å². The van der Waals surface area contributed by atoms with E-state index in [1.54, 1.807) is 14.2 Å².